The van der Waals surface area contributed by atoms with Crippen LogP contribution in [0.1, 0.15) is 129 Å². The van der Waals surface area contributed by atoms with E-state index in [1.54, 1.807) is 0 Å². The molecule has 152 valence electrons. The van der Waals surface area contributed by atoms with Gasteiger partial charge in [0, 0.05) is 0 Å². The Balaban J connectivity index is 4.73. The van der Waals surface area contributed by atoms with Gasteiger partial charge in [-0.05, 0) is 58.2 Å². The first kappa shape index (κ1) is 25.0. The highest BCUT2D eigenvalue weighted by molar-refractivity contribution is 4.90. The topological polar surface area (TPSA) is 0 Å². The minimum absolute atomic E-state index is 0.361. The summed E-state index contributed by atoms with van der Waals surface area (Å²) in [4.78, 5) is 0. The van der Waals surface area contributed by atoms with E-state index in [2.05, 4.69) is 96.9 Å². The maximum Gasteiger partial charge on any atom is -0.0300 e. The summed E-state index contributed by atoms with van der Waals surface area (Å²) in [5.41, 5.74) is 2.32. The molecule has 0 aliphatic heterocycles. The maximum atomic E-state index is 2.48. The molecule has 0 heteroatoms. The van der Waals surface area contributed by atoms with Gasteiger partial charge in [0.25, 0.3) is 0 Å². The first-order valence-electron chi connectivity index (χ1n) is 10.6. The van der Waals surface area contributed by atoms with Gasteiger partial charge in [0.15, 0.2) is 0 Å². The van der Waals surface area contributed by atoms with Crippen LogP contribution in [0.25, 0.3) is 0 Å². The average Bonchev–Trinajstić information content (AvgIpc) is 2.20. The molecule has 0 bridgehead atoms. The molecule has 0 heterocycles. The molecule has 0 saturated heterocycles. The fourth-order valence-corrected chi connectivity index (χ4v) is 4.15. The Kier molecular flexibility index (Phi) is 7.55. The summed E-state index contributed by atoms with van der Waals surface area (Å²) in [5.74, 6) is 0. The van der Waals surface area contributed by atoms with Gasteiger partial charge in [-0.2, -0.15) is 0 Å². The van der Waals surface area contributed by atoms with E-state index in [0.717, 1.165) is 0 Å². The van der Waals surface area contributed by atoms with Crippen molar-refractivity contribution in [3.05, 3.63) is 0 Å². The smallest absolute Gasteiger partial charge is 0.0300 e. The fraction of sp³-hybridized carbons (Fsp3) is 1.00. The van der Waals surface area contributed by atoms with Crippen molar-refractivity contribution in [1.82, 2.24) is 0 Å². The molecule has 0 aromatic rings. The van der Waals surface area contributed by atoms with Crippen LogP contribution in [0.4, 0.5) is 0 Å². The lowest BCUT2D eigenvalue weighted by Crippen LogP contribution is -2.35. The van der Waals surface area contributed by atoms with E-state index >= 15 is 0 Å². The molecule has 25 heavy (non-hydrogen) atoms. The molecule has 0 spiro atoms. The van der Waals surface area contributed by atoms with Crippen LogP contribution in [0.3, 0.4) is 0 Å². The summed E-state index contributed by atoms with van der Waals surface area (Å²) in [6.45, 7) is 34.0. The third-order valence-corrected chi connectivity index (χ3v) is 7.61. The zero-order valence-corrected chi connectivity index (χ0v) is 20.5. The number of rotatable bonds is 8. The van der Waals surface area contributed by atoms with Gasteiger partial charge < -0.3 is 0 Å². The standard InChI is InChI=1S/C25H52/c1-20(2,3)24(11,12)18-22(7,8)16-15-17-23(9,10)19-25(13,14)21(4,5)6/h15-19H2,1-14H3. The second kappa shape index (κ2) is 7.55. The third-order valence-electron chi connectivity index (χ3n) is 7.61. The van der Waals surface area contributed by atoms with E-state index in [0.29, 0.717) is 32.5 Å². The predicted molar refractivity (Wildman–Crippen MR) is 117 cm³/mol. The van der Waals surface area contributed by atoms with Crippen LogP contribution in [-0.2, 0) is 0 Å². The average molecular weight is 353 g/mol. The molecule has 0 aliphatic rings. The van der Waals surface area contributed by atoms with Crippen molar-refractivity contribution in [1.29, 1.82) is 0 Å². The molecular formula is C25H52. The predicted octanol–water partition coefficient (Wildman–Crippen LogP) is 9.13. The van der Waals surface area contributed by atoms with Crippen molar-refractivity contribution < 1.29 is 0 Å². The van der Waals surface area contributed by atoms with Crippen LogP contribution in [0.2, 0.25) is 0 Å². The van der Waals surface area contributed by atoms with Crippen molar-refractivity contribution in [3.8, 4) is 0 Å². The van der Waals surface area contributed by atoms with Crippen LogP contribution in [0.15, 0.2) is 0 Å². The summed E-state index contributed by atoms with van der Waals surface area (Å²) >= 11 is 0. The van der Waals surface area contributed by atoms with Crippen molar-refractivity contribution in [3.63, 3.8) is 0 Å². The molecule has 0 atom stereocenters. The monoisotopic (exact) mass is 352 g/mol. The second-order valence-electron chi connectivity index (χ2n) is 13.8. The molecule has 0 radical (unpaired) electrons. The lowest BCUT2D eigenvalue weighted by Gasteiger charge is -2.45. The van der Waals surface area contributed by atoms with E-state index in [1.165, 1.54) is 32.1 Å². The maximum absolute atomic E-state index is 2.48. The molecular weight excluding hydrogens is 300 g/mol. The first-order chi connectivity index (χ1) is 10.6. The molecule has 0 aliphatic carbocycles. The largest absolute Gasteiger partial charge is 0.0599 e. The molecule has 0 rings (SSSR count). The molecule has 0 nitrogen and oxygen atoms in total. The zero-order chi connectivity index (χ0) is 20.5. The van der Waals surface area contributed by atoms with Gasteiger partial charge in [-0.3, -0.25) is 0 Å². The molecule has 0 unspecified atom stereocenters. The normalized spacial score (nSPS) is 15.6. The van der Waals surface area contributed by atoms with Gasteiger partial charge in [0.05, 0.1) is 0 Å². The Bertz CT molecular complexity index is 364. The number of hydrogen-bond acceptors (Lipinski definition) is 0. The van der Waals surface area contributed by atoms with Crippen molar-refractivity contribution in [2.45, 2.75) is 129 Å². The Morgan fingerprint density at radius 1 is 0.400 bits per heavy atom. The Hall–Kier alpha value is 0. The zero-order valence-electron chi connectivity index (χ0n) is 20.5. The van der Waals surface area contributed by atoms with E-state index in [9.17, 15) is 0 Å². The number of hydrogen-bond donors (Lipinski definition) is 0. The van der Waals surface area contributed by atoms with Crippen molar-refractivity contribution >= 4 is 0 Å². The van der Waals surface area contributed by atoms with Gasteiger partial charge in [-0.1, -0.05) is 103 Å². The van der Waals surface area contributed by atoms with Crippen LogP contribution >= 0.6 is 0 Å². The van der Waals surface area contributed by atoms with E-state index in [4.69, 9.17) is 0 Å². The summed E-state index contributed by atoms with van der Waals surface area (Å²) in [6, 6.07) is 0. The summed E-state index contributed by atoms with van der Waals surface area (Å²) in [6.07, 6.45) is 6.63. The van der Waals surface area contributed by atoms with Crippen LogP contribution < -0.4 is 0 Å². The van der Waals surface area contributed by atoms with Crippen LogP contribution in [0.5, 0.6) is 0 Å². The SMILES string of the molecule is CC(C)(CCCC(C)(C)CC(C)(C)C(C)(C)C)CC(C)(C)C(C)(C)C. The Morgan fingerprint density at radius 3 is 0.840 bits per heavy atom. The van der Waals surface area contributed by atoms with Gasteiger partial charge in [-0.25, -0.2) is 0 Å². The summed E-state index contributed by atoms with van der Waals surface area (Å²) in [5, 5.41) is 0. The summed E-state index contributed by atoms with van der Waals surface area (Å²) in [7, 11) is 0. The van der Waals surface area contributed by atoms with E-state index in [1.807, 2.05) is 0 Å². The second-order valence-corrected chi connectivity index (χ2v) is 13.8. The molecule has 0 saturated carbocycles. The third kappa shape index (κ3) is 8.04. The molecule has 0 aromatic heterocycles. The molecule has 0 fully saturated rings. The van der Waals surface area contributed by atoms with Gasteiger partial charge >= 0.3 is 0 Å². The highest BCUT2D eigenvalue weighted by atomic mass is 14.4. The Labute approximate surface area is 161 Å². The van der Waals surface area contributed by atoms with Gasteiger partial charge in [0.2, 0.25) is 0 Å². The molecule has 0 amide bonds. The lowest BCUT2D eigenvalue weighted by molar-refractivity contribution is 0.0504. The Morgan fingerprint density at radius 2 is 0.640 bits per heavy atom. The van der Waals surface area contributed by atoms with Gasteiger partial charge in [-0.15, -0.1) is 0 Å². The van der Waals surface area contributed by atoms with Crippen molar-refractivity contribution in [2.75, 3.05) is 0 Å². The molecule has 0 N–H and O–H groups in total. The fourth-order valence-electron chi connectivity index (χ4n) is 4.15. The van der Waals surface area contributed by atoms with Crippen LogP contribution in [0, 0.1) is 32.5 Å². The minimum Gasteiger partial charge on any atom is -0.0599 e. The van der Waals surface area contributed by atoms with Gasteiger partial charge in [0.1, 0.15) is 0 Å². The van der Waals surface area contributed by atoms with E-state index < -0.39 is 0 Å². The highest BCUT2D eigenvalue weighted by Gasteiger charge is 2.39. The first-order valence-corrected chi connectivity index (χ1v) is 10.6. The highest BCUT2D eigenvalue weighted by Crippen LogP contribution is 2.50. The minimum atomic E-state index is 0.361. The quantitative estimate of drug-likeness (QED) is 0.408. The summed E-state index contributed by atoms with van der Waals surface area (Å²) < 4.78 is 0. The van der Waals surface area contributed by atoms with E-state index in [-0.39, 0.29) is 0 Å². The van der Waals surface area contributed by atoms with Crippen molar-refractivity contribution in [2.24, 2.45) is 32.5 Å². The molecule has 0 aromatic carbocycles. The lowest BCUT2D eigenvalue weighted by atomic mass is 9.60. The van der Waals surface area contributed by atoms with Crippen LogP contribution in [-0.4, -0.2) is 0 Å².